The number of pyridine rings is 1. The molecule has 6 heteroatoms. The number of halogens is 3. The van der Waals surface area contributed by atoms with Crippen LogP contribution >= 0.6 is 0 Å². The van der Waals surface area contributed by atoms with E-state index in [-0.39, 0.29) is 12.2 Å². The summed E-state index contributed by atoms with van der Waals surface area (Å²) in [7, 11) is 0. The molecular formula is C9H11F3N2O. The van der Waals surface area contributed by atoms with E-state index in [0.717, 1.165) is 0 Å². The van der Waals surface area contributed by atoms with Crippen LogP contribution in [0, 0.1) is 0 Å². The average molecular weight is 220 g/mol. The van der Waals surface area contributed by atoms with Crippen molar-refractivity contribution in [3.63, 3.8) is 0 Å². The summed E-state index contributed by atoms with van der Waals surface area (Å²) >= 11 is 0. The molecule has 0 fully saturated rings. The summed E-state index contributed by atoms with van der Waals surface area (Å²) < 4.78 is 35.7. The summed E-state index contributed by atoms with van der Waals surface area (Å²) in [4.78, 5) is 3.70. The first-order chi connectivity index (χ1) is 6.87. The van der Waals surface area contributed by atoms with Crippen molar-refractivity contribution in [2.45, 2.75) is 25.1 Å². The number of aliphatic hydroxyl groups excluding tert-OH is 1. The molecule has 1 aromatic heterocycles. The fraction of sp³-hybridized carbons (Fsp3) is 0.444. The summed E-state index contributed by atoms with van der Waals surface area (Å²) in [5.74, 6) is 0.228. The van der Waals surface area contributed by atoms with Gasteiger partial charge in [-0.1, -0.05) is 0 Å². The standard InChI is InChI=1S/C9H11F3N2O/c10-9(11,12)5-7(15)3-6-1-2-14-8(13)4-6/h1-2,4,7,15H,3,5H2,(H2,13,14). The van der Waals surface area contributed by atoms with E-state index in [2.05, 4.69) is 4.98 Å². The lowest BCUT2D eigenvalue weighted by molar-refractivity contribution is -0.153. The molecule has 15 heavy (non-hydrogen) atoms. The molecule has 84 valence electrons. The zero-order valence-electron chi connectivity index (χ0n) is 7.83. The van der Waals surface area contributed by atoms with E-state index >= 15 is 0 Å². The average Bonchev–Trinajstić information content (AvgIpc) is 1.99. The third-order valence-electron chi connectivity index (χ3n) is 1.78. The first-order valence-electron chi connectivity index (χ1n) is 4.32. The molecule has 0 amide bonds. The second kappa shape index (κ2) is 4.48. The van der Waals surface area contributed by atoms with Gasteiger partial charge in [-0.3, -0.25) is 0 Å². The van der Waals surface area contributed by atoms with Crippen LogP contribution < -0.4 is 5.73 Å². The van der Waals surface area contributed by atoms with E-state index in [1.165, 1.54) is 18.3 Å². The van der Waals surface area contributed by atoms with Gasteiger partial charge >= 0.3 is 6.18 Å². The lowest BCUT2D eigenvalue weighted by atomic mass is 10.1. The number of aliphatic hydroxyl groups is 1. The van der Waals surface area contributed by atoms with E-state index in [1.807, 2.05) is 0 Å². The monoisotopic (exact) mass is 220 g/mol. The van der Waals surface area contributed by atoms with Gasteiger partial charge in [0.05, 0.1) is 12.5 Å². The number of nitrogens with two attached hydrogens (primary N) is 1. The fourth-order valence-corrected chi connectivity index (χ4v) is 1.23. The van der Waals surface area contributed by atoms with Crippen molar-refractivity contribution in [3.05, 3.63) is 23.9 Å². The Balaban J connectivity index is 2.55. The van der Waals surface area contributed by atoms with Gasteiger partial charge in [0.15, 0.2) is 0 Å². The zero-order chi connectivity index (χ0) is 11.5. The number of anilines is 1. The van der Waals surface area contributed by atoms with Gasteiger partial charge in [-0.25, -0.2) is 4.98 Å². The van der Waals surface area contributed by atoms with E-state index < -0.39 is 18.7 Å². The summed E-state index contributed by atoms with van der Waals surface area (Å²) in [6.07, 6.45) is -5.68. The molecule has 1 atom stereocenters. The summed E-state index contributed by atoms with van der Waals surface area (Å²) in [5, 5.41) is 9.15. The van der Waals surface area contributed by atoms with Crippen LogP contribution in [-0.2, 0) is 6.42 Å². The maximum Gasteiger partial charge on any atom is 0.391 e. The predicted octanol–water partition coefficient (Wildman–Crippen LogP) is 1.52. The van der Waals surface area contributed by atoms with Crippen LogP contribution in [0.15, 0.2) is 18.3 Å². The fourth-order valence-electron chi connectivity index (χ4n) is 1.23. The third kappa shape index (κ3) is 4.64. The molecule has 0 aromatic carbocycles. The molecule has 0 aliphatic rings. The normalized spacial score (nSPS) is 13.9. The minimum atomic E-state index is -4.35. The predicted molar refractivity (Wildman–Crippen MR) is 49.0 cm³/mol. The van der Waals surface area contributed by atoms with Gasteiger partial charge in [0.25, 0.3) is 0 Å². The van der Waals surface area contributed by atoms with Gasteiger partial charge in [-0.05, 0) is 24.1 Å². The molecule has 1 aromatic rings. The number of hydrogen-bond donors (Lipinski definition) is 2. The molecule has 0 radical (unpaired) electrons. The van der Waals surface area contributed by atoms with Crippen molar-refractivity contribution in [2.24, 2.45) is 0 Å². The molecule has 1 rings (SSSR count). The van der Waals surface area contributed by atoms with E-state index in [9.17, 15) is 13.2 Å². The summed E-state index contributed by atoms with van der Waals surface area (Å²) in [5.41, 5.74) is 5.89. The number of nitrogens with zero attached hydrogens (tertiary/aromatic N) is 1. The lowest BCUT2D eigenvalue weighted by Crippen LogP contribution is -2.21. The number of nitrogen functional groups attached to an aromatic ring is 1. The first kappa shape index (κ1) is 11.8. The van der Waals surface area contributed by atoms with Gasteiger partial charge in [-0.2, -0.15) is 13.2 Å². The van der Waals surface area contributed by atoms with E-state index in [0.29, 0.717) is 5.56 Å². The molecule has 3 N–H and O–H groups in total. The van der Waals surface area contributed by atoms with Crippen LogP contribution in [0.25, 0.3) is 0 Å². The topological polar surface area (TPSA) is 59.1 Å². The maximum absolute atomic E-state index is 11.9. The van der Waals surface area contributed by atoms with Crippen LogP contribution in [0.3, 0.4) is 0 Å². The molecule has 0 spiro atoms. The van der Waals surface area contributed by atoms with Crippen LogP contribution in [0.4, 0.5) is 19.0 Å². The highest BCUT2D eigenvalue weighted by Gasteiger charge is 2.30. The summed E-state index contributed by atoms with van der Waals surface area (Å²) in [6.45, 7) is 0. The van der Waals surface area contributed by atoms with Crippen molar-refractivity contribution < 1.29 is 18.3 Å². The van der Waals surface area contributed by atoms with Crippen molar-refractivity contribution in [2.75, 3.05) is 5.73 Å². The molecule has 0 saturated carbocycles. The Bertz CT molecular complexity index is 327. The SMILES string of the molecule is Nc1cc(CC(O)CC(F)(F)F)ccn1. The Kier molecular flexibility index (Phi) is 3.52. The maximum atomic E-state index is 11.9. The zero-order valence-corrected chi connectivity index (χ0v) is 7.83. The molecule has 3 nitrogen and oxygen atoms in total. The molecule has 0 aliphatic heterocycles. The Morgan fingerprint density at radius 3 is 2.67 bits per heavy atom. The van der Waals surface area contributed by atoms with Crippen LogP contribution in [0.1, 0.15) is 12.0 Å². The minimum Gasteiger partial charge on any atom is -0.392 e. The lowest BCUT2D eigenvalue weighted by Gasteiger charge is -2.12. The van der Waals surface area contributed by atoms with E-state index in [1.54, 1.807) is 0 Å². The Morgan fingerprint density at radius 1 is 1.47 bits per heavy atom. The molecule has 0 aliphatic carbocycles. The van der Waals surface area contributed by atoms with Crippen molar-refractivity contribution in [3.8, 4) is 0 Å². The molecule has 0 bridgehead atoms. The Morgan fingerprint density at radius 2 is 2.13 bits per heavy atom. The second-order valence-electron chi connectivity index (χ2n) is 3.27. The van der Waals surface area contributed by atoms with Gasteiger partial charge in [0, 0.05) is 6.20 Å². The summed E-state index contributed by atoms with van der Waals surface area (Å²) in [6, 6.07) is 2.97. The van der Waals surface area contributed by atoms with Crippen LogP contribution in [0.2, 0.25) is 0 Å². The van der Waals surface area contributed by atoms with Crippen molar-refractivity contribution >= 4 is 5.82 Å². The second-order valence-corrected chi connectivity index (χ2v) is 3.27. The number of hydrogen-bond acceptors (Lipinski definition) is 3. The van der Waals surface area contributed by atoms with Crippen molar-refractivity contribution in [1.82, 2.24) is 4.98 Å². The highest BCUT2D eigenvalue weighted by Crippen LogP contribution is 2.23. The Hall–Kier alpha value is -1.30. The molecule has 1 heterocycles. The van der Waals surface area contributed by atoms with E-state index in [4.69, 9.17) is 10.8 Å². The third-order valence-corrected chi connectivity index (χ3v) is 1.78. The van der Waals surface area contributed by atoms with Crippen molar-refractivity contribution in [1.29, 1.82) is 0 Å². The molecule has 1 unspecified atom stereocenters. The highest BCUT2D eigenvalue weighted by atomic mass is 19.4. The molecule has 0 saturated heterocycles. The number of rotatable bonds is 3. The van der Waals surface area contributed by atoms with Crippen LogP contribution in [0.5, 0.6) is 0 Å². The number of aromatic nitrogens is 1. The largest absolute Gasteiger partial charge is 0.392 e. The van der Waals surface area contributed by atoms with Gasteiger partial charge in [0.1, 0.15) is 5.82 Å². The van der Waals surface area contributed by atoms with Gasteiger partial charge in [-0.15, -0.1) is 0 Å². The highest BCUT2D eigenvalue weighted by molar-refractivity contribution is 5.32. The minimum absolute atomic E-state index is 0.0772. The van der Waals surface area contributed by atoms with Gasteiger partial charge < -0.3 is 10.8 Å². The first-order valence-corrected chi connectivity index (χ1v) is 4.32. The van der Waals surface area contributed by atoms with Crippen LogP contribution in [-0.4, -0.2) is 22.4 Å². The smallest absolute Gasteiger partial charge is 0.391 e. The van der Waals surface area contributed by atoms with Gasteiger partial charge in [0.2, 0.25) is 0 Å². The quantitative estimate of drug-likeness (QED) is 0.811. The molecular weight excluding hydrogens is 209 g/mol. The number of alkyl halides is 3. The Labute approximate surface area is 84.7 Å².